The summed E-state index contributed by atoms with van der Waals surface area (Å²) in [4.78, 5) is 31.4. The van der Waals surface area contributed by atoms with Gasteiger partial charge < -0.3 is 25.2 Å². The number of aryl methyl sites for hydroxylation is 1. The average molecular weight is 598 g/mol. The van der Waals surface area contributed by atoms with Gasteiger partial charge in [-0.25, -0.2) is 9.37 Å². The first kappa shape index (κ1) is 33.5. The van der Waals surface area contributed by atoms with Crippen molar-refractivity contribution in [3.63, 3.8) is 0 Å². The van der Waals surface area contributed by atoms with Crippen molar-refractivity contribution in [2.45, 2.75) is 79.4 Å². The number of benzene rings is 1. The van der Waals surface area contributed by atoms with Crippen molar-refractivity contribution in [3.05, 3.63) is 64.7 Å². The van der Waals surface area contributed by atoms with E-state index in [1.165, 1.54) is 12.1 Å². The van der Waals surface area contributed by atoms with Crippen LogP contribution in [0.4, 0.5) is 10.2 Å². The van der Waals surface area contributed by atoms with Gasteiger partial charge >= 0.3 is 5.97 Å². The molecule has 0 radical (unpaired) electrons. The van der Waals surface area contributed by atoms with E-state index >= 15 is 0 Å². The van der Waals surface area contributed by atoms with E-state index in [2.05, 4.69) is 26.4 Å². The van der Waals surface area contributed by atoms with Crippen LogP contribution in [0.5, 0.6) is 5.75 Å². The van der Waals surface area contributed by atoms with Crippen molar-refractivity contribution in [1.82, 2.24) is 19.9 Å². The van der Waals surface area contributed by atoms with Crippen LogP contribution in [0.25, 0.3) is 5.65 Å². The molecule has 0 saturated carbocycles. The van der Waals surface area contributed by atoms with Gasteiger partial charge in [0.25, 0.3) is 5.91 Å². The number of carboxylic acid groups (broad SMARTS) is 1. The minimum absolute atomic E-state index is 0.129. The smallest absolute Gasteiger partial charge is 0.308 e. The maximum Gasteiger partial charge on any atom is 0.308 e. The quantitative estimate of drug-likeness (QED) is 0.349. The number of aromatic nitrogens is 3. The molecule has 0 unspecified atom stereocenters. The largest absolute Gasteiger partial charge is 0.489 e. The Kier molecular flexibility index (Phi) is 11.7. The van der Waals surface area contributed by atoms with Gasteiger partial charge in [-0.3, -0.25) is 9.59 Å². The van der Waals surface area contributed by atoms with Gasteiger partial charge in [-0.05, 0) is 58.9 Å². The highest BCUT2D eigenvalue weighted by Crippen LogP contribution is 2.31. The van der Waals surface area contributed by atoms with E-state index in [9.17, 15) is 19.1 Å². The zero-order valence-corrected chi connectivity index (χ0v) is 26.0. The second-order valence-electron chi connectivity index (χ2n) is 11.4. The average Bonchev–Trinajstić information content (AvgIpc) is 3.36. The van der Waals surface area contributed by atoms with Gasteiger partial charge in [-0.15, -0.1) is 0 Å². The van der Waals surface area contributed by atoms with E-state index in [1.54, 1.807) is 44.3 Å². The van der Waals surface area contributed by atoms with Gasteiger partial charge in [0.1, 0.15) is 24.0 Å². The first-order chi connectivity index (χ1) is 20.4. The van der Waals surface area contributed by atoms with Crippen LogP contribution in [0.2, 0.25) is 0 Å². The molecule has 234 valence electrons. The normalized spacial score (nSPS) is 16.5. The van der Waals surface area contributed by atoms with Crippen LogP contribution in [0.1, 0.15) is 81.2 Å². The highest BCUT2D eigenvalue weighted by molar-refractivity contribution is 5.93. The number of nitrogens with one attached hydrogen (secondary N) is 1. The Balaban J connectivity index is 0.000000657. The third kappa shape index (κ3) is 9.51. The van der Waals surface area contributed by atoms with Crippen molar-refractivity contribution < 1.29 is 28.9 Å². The highest BCUT2D eigenvalue weighted by atomic mass is 19.1. The van der Waals surface area contributed by atoms with Crippen molar-refractivity contribution >= 4 is 23.3 Å². The van der Waals surface area contributed by atoms with Crippen molar-refractivity contribution in [2.24, 2.45) is 5.92 Å². The summed E-state index contributed by atoms with van der Waals surface area (Å²) in [7, 11) is 0. The second-order valence-corrected chi connectivity index (χ2v) is 11.4. The van der Waals surface area contributed by atoms with Crippen LogP contribution >= 0.6 is 0 Å². The predicted octanol–water partition coefficient (Wildman–Crippen LogP) is 5.09. The van der Waals surface area contributed by atoms with Crippen LogP contribution in [0.3, 0.4) is 0 Å². The lowest BCUT2D eigenvalue weighted by Crippen LogP contribution is -2.36. The van der Waals surface area contributed by atoms with Gasteiger partial charge in [0.05, 0.1) is 12.0 Å². The summed E-state index contributed by atoms with van der Waals surface area (Å²) < 4.78 is 21.2. The fourth-order valence-electron chi connectivity index (χ4n) is 4.88. The molecule has 0 atom stereocenters. The van der Waals surface area contributed by atoms with E-state index in [0.29, 0.717) is 46.6 Å². The molecule has 11 heteroatoms. The van der Waals surface area contributed by atoms with Crippen LogP contribution < -0.4 is 15.0 Å². The standard InChI is InChI=1S/C26H28FN5O4.C4H10O.C2H6/c1-16-20(13-24(33)34)26-31-9-7-17(8-10-31)4-2-3-11-36-22-12-19(27)6-5-18(22)15-28-25(35)21-14-23(29-16)32(26)30-21;1-4(2,3)5;1-2/h2-3,5-6,12,14,17H,4,7-11,13,15H2,1H3,(H,28,35)(H,33,34);5H,1-3H3;1-2H3/b3-2-;;. The van der Waals surface area contributed by atoms with Gasteiger partial charge in [-0.1, -0.05) is 32.1 Å². The molecule has 1 fully saturated rings. The number of allylic oxidation sites excluding steroid dienone is 1. The summed E-state index contributed by atoms with van der Waals surface area (Å²) in [5.41, 5.74) is 2.00. The van der Waals surface area contributed by atoms with Gasteiger partial charge in [0.2, 0.25) is 0 Å². The van der Waals surface area contributed by atoms with Crippen LogP contribution in [0, 0.1) is 18.7 Å². The van der Waals surface area contributed by atoms with Crippen LogP contribution in [-0.2, 0) is 17.8 Å². The molecule has 3 N–H and O–H groups in total. The molecule has 3 aromatic rings. The number of aliphatic hydroxyl groups is 1. The maximum atomic E-state index is 13.8. The fraction of sp³-hybridized carbons (Fsp3) is 0.500. The van der Waals surface area contributed by atoms with E-state index in [0.717, 1.165) is 32.4 Å². The number of amides is 1. The molecule has 5 heterocycles. The van der Waals surface area contributed by atoms with Crippen molar-refractivity contribution in [1.29, 1.82) is 0 Å². The summed E-state index contributed by atoms with van der Waals surface area (Å²) in [6, 6.07) is 5.83. The van der Waals surface area contributed by atoms with Crippen molar-refractivity contribution in [3.8, 4) is 5.75 Å². The first-order valence-corrected chi connectivity index (χ1v) is 14.8. The predicted molar refractivity (Wildman–Crippen MR) is 164 cm³/mol. The summed E-state index contributed by atoms with van der Waals surface area (Å²) in [5, 5.41) is 25.4. The number of aliphatic carboxylic acids is 1. The number of hydrogen-bond donors (Lipinski definition) is 3. The molecule has 1 amide bonds. The van der Waals surface area contributed by atoms with E-state index in [1.807, 2.05) is 19.9 Å². The number of ether oxygens (including phenoxy) is 1. The lowest BCUT2D eigenvalue weighted by atomic mass is 9.93. The number of halogens is 1. The van der Waals surface area contributed by atoms with E-state index in [4.69, 9.17) is 9.84 Å². The Morgan fingerprint density at radius 2 is 1.84 bits per heavy atom. The number of carboxylic acids is 1. The topological polar surface area (TPSA) is 129 Å². The summed E-state index contributed by atoms with van der Waals surface area (Å²) in [5.74, 6) is -0.229. The highest BCUT2D eigenvalue weighted by Gasteiger charge is 2.27. The number of rotatable bonds is 2. The van der Waals surface area contributed by atoms with Crippen LogP contribution in [-0.4, -0.2) is 62.0 Å². The Morgan fingerprint density at radius 1 is 1.16 bits per heavy atom. The third-order valence-corrected chi connectivity index (χ3v) is 6.79. The molecule has 1 saturated heterocycles. The second kappa shape index (κ2) is 15.0. The van der Waals surface area contributed by atoms with Gasteiger partial charge in [0.15, 0.2) is 11.3 Å². The summed E-state index contributed by atoms with van der Waals surface area (Å²) >= 11 is 0. The molecular formula is C32H44FN5O5. The van der Waals surface area contributed by atoms with E-state index < -0.39 is 23.3 Å². The third-order valence-electron chi connectivity index (χ3n) is 6.79. The lowest BCUT2D eigenvalue weighted by molar-refractivity contribution is -0.136. The Hall–Kier alpha value is -3.99. The summed E-state index contributed by atoms with van der Waals surface area (Å²) in [6.45, 7) is 12.9. The molecule has 10 nitrogen and oxygen atoms in total. The minimum atomic E-state index is -0.947. The molecule has 3 aliphatic heterocycles. The molecule has 3 aliphatic rings. The Morgan fingerprint density at radius 3 is 2.49 bits per heavy atom. The fourth-order valence-corrected chi connectivity index (χ4v) is 4.88. The SMILES string of the molecule is CC.CC(C)(C)O.Cc1nc2cc3nn2c(c1CC(=O)O)N1CCC(C/C=C\COc2cc(F)ccc2CNC3=O)CC1. The Labute approximate surface area is 252 Å². The van der Waals surface area contributed by atoms with Crippen molar-refractivity contribution in [2.75, 3.05) is 24.6 Å². The minimum Gasteiger partial charge on any atom is -0.489 e. The number of hydrogen-bond acceptors (Lipinski definition) is 7. The molecule has 4 bridgehead atoms. The zero-order valence-electron chi connectivity index (χ0n) is 26.0. The zero-order chi connectivity index (χ0) is 31.7. The monoisotopic (exact) mass is 597 g/mol. The molecule has 2 aromatic heterocycles. The van der Waals surface area contributed by atoms with Gasteiger partial charge in [-0.2, -0.15) is 9.61 Å². The molecule has 0 aliphatic carbocycles. The molecule has 43 heavy (non-hydrogen) atoms. The van der Waals surface area contributed by atoms with Gasteiger partial charge in [0, 0.05) is 48.6 Å². The maximum absolute atomic E-state index is 13.8. The number of nitrogens with zero attached hydrogens (tertiary/aromatic N) is 4. The number of anilines is 1. The number of carbonyl (C=O) groups is 2. The van der Waals surface area contributed by atoms with Crippen LogP contribution in [0.15, 0.2) is 36.4 Å². The molecule has 0 spiro atoms. The molecule has 1 aromatic carbocycles. The lowest BCUT2D eigenvalue weighted by Gasteiger charge is -2.34. The Bertz CT molecular complexity index is 1430. The van der Waals surface area contributed by atoms with E-state index in [-0.39, 0.29) is 18.7 Å². The molecular weight excluding hydrogens is 553 g/mol. The number of piperidine rings is 1. The number of fused-ring (bicyclic) bond motifs is 7. The number of carbonyl (C=O) groups excluding carboxylic acids is 1. The summed E-state index contributed by atoms with van der Waals surface area (Å²) in [6.07, 6.45) is 6.62. The molecule has 6 rings (SSSR count). The first-order valence-electron chi connectivity index (χ1n) is 14.8.